The quantitative estimate of drug-likeness (QED) is 0.658. The van der Waals surface area contributed by atoms with Crippen LogP contribution < -0.4 is 15.3 Å². The molecule has 0 saturated carbocycles. The smallest absolute Gasteiger partial charge is 0.339 e. The number of aromatic nitrogens is 1. The molecule has 3 heterocycles. The maximum Gasteiger partial charge on any atom is 0.339 e. The van der Waals surface area contributed by atoms with Gasteiger partial charge in [-0.15, -0.1) is 0 Å². The first-order valence-corrected chi connectivity index (χ1v) is 8.79. The zero-order valence-electron chi connectivity index (χ0n) is 14.7. The van der Waals surface area contributed by atoms with Crippen LogP contribution in [0.5, 0.6) is 5.75 Å². The van der Waals surface area contributed by atoms with E-state index in [0.717, 1.165) is 18.8 Å². The van der Waals surface area contributed by atoms with Crippen LogP contribution >= 0.6 is 0 Å². The van der Waals surface area contributed by atoms with Crippen molar-refractivity contribution in [1.29, 1.82) is 0 Å². The molecule has 7 heteroatoms. The minimum absolute atomic E-state index is 0.0956. The lowest BCUT2D eigenvalue weighted by atomic mass is 10.2. The highest BCUT2D eigenvalue weighted by Crippen LogP contribution is 2.23. The highest BCUT2D eigenvalue weighted by atomic mass is 16.5. The molecule has 27 heavy (non-hydrogen) atoms. The Bertz CT molecular complexity index is 995. The first-order chi connectivity index (χ1) is 13.2. The van der Waals surface area contributed by atoms with Gasteiger partial charge in [0.1, 0.15) is 11.3 Å². The second kappa shape index (κ2) is 7.49. The van der Waals surface area contributed by atoms with Gasteiger partial charge in [0, 0.05) is 44.3 Å². The van der Waals surface area contributed by atoms with Gasteiger partial charge in [-0.05, 0) is 24.3 Å². The molecule has 0 spiro atoms. The Morgan fingerprint density at radius 2 is 1.81 bits per heavy atom. The summed E-state index contributed by atoms with van der Waals surface area (Å²) in [4.78, 5) is 32.2. The lowest BCUT2D eigenvalue weighted by Gasteiger charge is -2.36. The largest absolute Gasteiger partial charge is 0.483 e. The summed E-state index contributed by atoms with van der Waals surface area (Å²) in [5, 5.41) is 0.674. The van der Waals surface area contributed by atoms with E-state index in [0.29, 0.717) is 29.8 Å². The first-order valence-electron chi connectivity index (χ1n) is 8.79. The number of benzene rings is 1. The van der Waals surface area contributed by atoms with E-state index in [1.54, 1.807) is 35.5 Å². The van der Waals surface area contributed by atoms with Gasteiger partial charge < -0.3 is 19.0 Å². The molecule has 0 aliphatic carbocycles. The van der Waals surface area contributed by atoms with Crippen molar-refractivity contribution in [1.82, 2.24) is 9.88 Å². The number of pyridine rings is 1. The highest BCUT2D eigenvalue weighted by molar-refractivity contribution is 5.84. The number of carbonyl (C=O) groups is 1. The van der Waals surface area contributed by atoms with Crippen LogP contribution in [0.15, 0.2) is 64.1 Å². The van der Waals surface area contributed by atoms with Gasteiger partial charge >= 0.3 is 5.63 Å². The Morgan fingerprint density at radius 1 is 1.07 bits per heavy atom. The van der Waals surface area contributed by atoms with Gasteiger partial charge in [0.05, 0.1) is 11.5 Å². The second-order valence-corrected chi connectivity index (χ2v) is 6.29. The Kier molecular flexibility index (Phi) is 4.74. The van der Waals surface area contributed by atoms with E-state index in [4.69, 9.17) is 9.15 Å². The Labute approximate surface area is 155 Å². The van der Waals surface area contributed by atoms with E-state index in [1.165, 1.54) is 6.07 Å². The topological polar surface area (TPSA) is 75.9 Å². The molecule has 1 aromatic carbocycles. The number of fused-ring (bicyclic) bond motifs is 1. The number of ether oxygens (including phenoxy) is 1. The van der Waals surface area contributed by atoms with Crippen LogP contribution in [-0.4, -0.2) is 48.6 Å². The van der Waals surface area contributed by atoms with Crippen molar-refractivity contribution in [3.8, 4) is 5.75 Å². The summed E-state index contributed by atoms with van der Waals surface area (Å²) in [6, 6.07) is 12.3. The third kappa shape index (κ3) is 3.76. The summed E-state index contributed by atoms with van der Waals surface area (Å²) >= 11 is 0. The van der Waals surface area contributed by atoms with Gasteiger partial charge in [0.2, 0.25) is 0 Å². The fourth-order valence-corrected chi connectivity index (χ4v) is 3.20. The molecule has 7 nitrogen and oxygen atoms in total. The Balaban J connectivity index is 1.38. The van der Waals surface area contributed by atoms with Crippen LogP contribution in [0.2, 0.25) is 0 Å². The van der Waals surface area contributed by atoms with Crippen LogP contribution in [0, 0.1) is 0 Å². The summed E-state index contributed by atoms with van der Waals surface area (Å²) in [5.41, 5.74) is 1.05. The molecular formula is C20H19N3O4. The molecular weight excluding hydrogens is 346 g/mol. The normalized spacial score (nSPS) is 14.4. The monoisotopic (exact) mass is 365 g/mol. The van der Waals surface area contributed by atoms with Crippen LogP contribution in [-0.2, 0) is 4.79 Å². The number of amides is 1. The molecule has 138 valence electrons. The molecule has 3 aromatic rings. The number of hydrogen-bond donors (Lipinski definition) is 0. The number of nitrogens with zero attached hydrogens (tertiary/aromatic N) is 3. The van der Waals surface area contributed by atoms with Gasteiger partial charge in [-0.25, -0.2) is 4.79 Å². The summed E-state index contributed by atoms with van der Waals surface area (Å²) in [5.74, 6) is 0.271. The minimum atomic E-state index is -0.498. The van der Waals surface area contributed by atoms with Gasteiger partial charge in [-0.3, -0.25) is 9.78 Å². The van der Waals surface area contributed by atoms with E-state index in [1.807, 2.05) is 18.2 Å². The number of para-hydroxylation sites is 1. The zero-order valence-corrected chi connectivity index (χ0v) is 14.7. The molecule has 2 aromatic heterocycles. The van der Waals surface area contributed by atoms with Gasteiger partial charge in [-0.1, -0.05) is 12.1 Å². The van der Waals surface area contributed by atoms with Gasteiger partial charge in [0.25, 0.3) is 5.91 Å². The maximum absolute atomic E-state index is 12.5. The lowest BCUT2D eigenvalue weighted by Crippen LogP contribution is -2.50. The van der Waals surface area contributed by atoms with Crippen LogP contribution in [0.25, 0.3) is 11.0 Å². The van der Waals surface area contributed by atoms with Crippen molar-refractivity contribution in [3.63, 3.8) is 0 Å². The molecule has 1 fully saturated rings. The summed E-state index contributed by atoms with van der Waals surface area (Å²) in [6.45, 7) is 2.66. The number of anilines is 1. The fourth-order valence-electron chi connectivity index (χ4n) is 3.20. The zero-order chi connectivity index (χ0) is 18.6. The molecule has 4 rings (SSSR count). The van der Waals surface area contributed by atoms with Crippen molar-refractivity contribution in [2.45, 2.75) is 0 Å². The van der Waals surface area contributed by atoms with Crippen molar-refractivity contribution in [2.75, 3.05) is 37.7 Å². The number of carbonyl (C=O) groups excluding carboxylic acids is 1. The van der Waals surface area contributed by atoms with E-state index < -0.39 is 5.63 Å². The predicted molar refractivity (Wildman–Crippen MR) is 101 cm³/mol. The molecule has 1 aliphatic heterocycles. The molecule has 0 N–H and O–H groups in total. The minimum Gasteiger partial charge on any atom is -0.483 e. The Morgan fingerprint density at radius 3 is 2.59 bits per heavy atom. The SMILES string of the molecule is O=C(COc1cc(=O)oc2ccccc12)N1CCN(c2ccncc2)CC1. The van der Waals surface area contributed by atoms with Crippen molar-refractivity contribution in [2.24, 2.45) is 0 Å². The standard InChI is InChI=1S/C20H19N3O4/c24-19(23-11-9-22(10-12-23)15-5-7-21-8-6-15)14-26-18-13-20(25)27-17-4-2-1-3-16(17)18/h1-8,13H,9-12,14H2. The fraction of sp³-hybridized carbons (Fsp3) is 0.250. The molecule has 1 saturated heterocycles. The molecule has 0 atom stereocenters. The van der Waals surface area contributed by atoms with Crippen molar-refractivity contribution >= 4 is 22.6 Å². The second-order valence-electron chi connectivity index (χ2n) is 6.29. The van der Waals surface area contributed by atoms with Gasteiger partial charge in [-0.2, -0.15) is 0 Å². The average Bonchev–Trinajstić information content (AvgIpc) is 2.72. The van der Waals surface area contributed by atoms with Crippen LogP contribution in [0.1, 0.15) is 0 Å². The summed E-state index contributed by atoms with van der Waals surface area (Å²) < 4.78 is 10.8. The number of piperazine rings is 1. The maximum atomic E-state index is 12.5. The van der Waals surface area contributed by atoms with E-state index in [9.17, 15) is 9.59 Å². The Hall–Kier alpha value is -3.35. The molecule has 1 aliphatic rings. The van der Waals surface area contributed by atoms with E-state index in [2.05, 4.69) is 9.88 Å². The van der Waals surface area contributed by atoms with Crippen molar-refractivity contribution in [3.05, 3.63) is 65.3 Å². The molecule has 0 bridgehead atoms. The third-order valence-electron chi connectivity index (χ3n) is 4.62. The van der Waals surface area contributed by atoms with Crippen LogP contribution in [0.4, 0.5) is 5.69 Å². The first kappa shape index (κ1) is 17.1. The highest BCUT2D eigenvalue weighted by Gasteiger charge is 2.22. The molecule has 0 radical (unpaired) electrons. The average molecular weight is 365 g/mol. The van der Waals surface area contributed by atoms with E-state index in [-0.39, 0.29) is 12.5 Å². The van der Waals surface area contributed by atoms with Crippen LogP contribution in [0.3, 0.4) is 0 Å². The van der Waals surface area contributed by atoms with E-state index >= 15 is 0 Å². The molecule has 1 amide bonds. The van der Waals surface area contributed by atoms with Crippen molar-refractivity contribution < 1.29 is 13.9 Å². The number of rotatable bonds is 4. The predicted octanol–water partition coefficient (Wildman–Crippen LogP) is 1.92. The lowest BCUT2D eigenvalue weighted by molar-refractivity contribution is -0.133. The summed E-state index contributed by atoms with van der Waals surface area (Å²) in [7, 11) is 0. The summed E-state index contributed by atoms with van der Waals surface area (Å²) in [6.07, 6.45) is 3.53. The van der Waals surface area contributed by atoms with Gasteiger partial charge in [0.15, 0.2) is 6.61 Å². The molecule has 0 unspecified atom stereocenters. The third-order valence-corrected chi connectivity index (χ3v) is 4.62. The number of hydrogen-bond acceptors (Lipinski definition) is 6.